The summed E-state index contributed by atoms with van der Waals surface area (Å²) >= 11 is 0. The number of nitrogens with zero attached hydrogens (tertiary/aromatic N) is 1. The summed E-state index contributed by atoms with van der Waals surface area (Å²) in [6.07, 6.45) is 7.24. The van der Waals surface area contributed by atoms with E-state index < -0.39 is 11.0 Å². The molecule has 0 amide bonds. The molecule has 1 heterocycles. The van der Waals surface area contributed by atoms with E-state index in [-0.39, 0.29) is 6.61 Å². The van der Waals surface area contributed by atoms with Crippen molar-refractivity contribution in [2.45, 2.75) is 58.8 Å². The molecule has 0 atom stereocenters. The van der Waals surface area contributed by atoms with Crippen LogP contribution in [0.1, 0.15) is 57.1 Å². The van der Waals surface area contributed by atoms with E-state index in [2.05, 4.69) is 36.9 Å². The van der Waals surface area contributed by atoms with Crippen LogP contribution in [-0.4, -0.2) is 21.6 Å². The Hall–Kier alpha value is -2.05. The molecule has 158 valence electrons. The highest BCUT2D eigenvalue weighted by atomic mass is 32.2. The van der Waals surface area contributed by atoms with Gasteiger partial charge in [-0.1, -0.05) is 44.9 Å². The van der Waals surface area contributed by atoms with Crippen molar-refractivity contribution in [1.82, 2.24) is 0 Å². The molecule has 0 spiro atoms. The van der Waals surface area contributed by atoms with E-state index in [1.807, 2.05) is 18.2 Å². The van der Waals surface area contributed by atoms with E-state index in [0.29, 0.717) is 13.0 Å². The van der Waals surface area contributed by atoms with Crippen LogP contribution in [0.15, 0.2) is 36.4 Å². The first kappa shape index (κ1) is 21.7. The van der Waals surface area contributed by atoms with Gasteiger partial charge in [0.1, 0.15) is 0 Å². The molecule has 29 heavy (non-hydrogen) atoms. The lowest BCUT2D eigenvalue weighted by Crippen LogP contribution is -2.24. The smallest absolute Gasteiger partial charge is 0.257 e. The molecule has 3 rings (SSSR count). The Morgan fingerprint density at radius 1 is 0.966 bits per heavy atom. The van der Waals surface area contributed by atoms with E-state index in [1.165, 1.54) is 11.1 Å². The Balaban J connectivity index is 1.97. The third kappa shape index (κ3) is 5.52. The number of hydrogen-bond donors (Lipinski definition) is 1. The summed E-state index contributed by atoms with van der Waals surface area (Å²) in [6, 6.07) is 12.6. The first-order valence-electron chi connectivity index (χ1n) is 10.6. The lowest BCUT2D eigenvalue weighted by Gasteiger charge is -2.34. The van der Waals surface area contributed by atoms with Crippen LogP contribution in [-0.2, 0) is 28.0 Å². The van der Waals surface area contributed by atoms with Crippen LogP contribution in [0, 0.1) is 0 Å². The van der Waals surface area contributed by atoms with Crippen LogP contribution >= 0.6 is 0 Å². The topological polar surface area (TPSA) is 55.8 Å². The Morgan fingerprint density at radius 3 is 2.48 bits per heavy atom. The van der Waals surface area contributed by atoms with Crippen molar-refractivity contribution in [1.29, 1.82) is 0 Å². The zero-order chi connectivity index (χ0) is 20.6. The predicted octanol–water partition coefficient (Wildman–Crippen LogP) is 5.55. The Morgan fingerprint density at radius 2 is 1.72 bits per heavy atom. The van der Waals surface area contributed by atoms with Gasteiger partial charge in [-0.05, 0) is 61.4 Å². The summed E-state index contributed by atoms with van der Waals surface area (Å²) < 4.78 is 32.6. The minimum absolute atomic E-state index is 0.186. The predicted molar refractivity (Wildman–Crippen MR) is 118 cm³/mol. The number of unbranched alkanes of at least 4 members (excludes halogenated alkanes) is 2. The van der Waals surface area contributed by atoms with Crippen molar-refractivity contribution in [3.8, 4) is 11.5 Å². The van der Waals surface area contributed by atoms with Gasteiger partial charge in [-0.15, -0.1) is 0 Å². The minimum atomic E-state index is -2.80. The highest BCUT2D eigenvalue weighted by molar-refractivity contribution is 7.67. The molecule has 0 saturated heterocycles. The Bertz CT molecular complexity index is 886. The van der Waals surface area contributed by atoms with Gasteiger partial charge >= 0.3 is 0 Å². The van der Waals surface area contributed by atoms with Crippen molar-refractivity contribution in [2.75, 3.05) is 18.1 Å². The maximum absolute atomic E-state index is 10.7. The standard InChI is InChI=1S/C23H31NO4S/c1-3-5-10-18-16-19(11-6-4-2)23-21(17-18)24(14-9-15-27-29(25)26)20-12-7-8-13-22(20)28-23/h7-8,12-13,16-17,29H,3-6,9-11,14-15H2,1-2H3. The average molecular weight is 418 g/mol. The van der Waals surface area contributed by atoms with Gasteiger partial charge in [-0.3, -0.25) is 4.18 Å². The third-order valence-corrected chi connectivity index (χ3v) is 5.60. The number of anilines is 2. The van der Waals surface area contributed by atoms with Crippen LogP contribution in [0.5, 0.6) is 11.5 Å². The number of fused-ring (bicyclic) bond motifs is 2. The lowest BCUT2D eigenvalue weighted by molar-refractivity contribution is 0.328. The second-order valence-electron chi connectivity index (χ2n) is 7.44. The van der Waals surface area contributed by atoms with Crippen LogP contribution in [0.3, 0.4) is 0 Å². The molecule has 0 N–H and O–H groups in total. The molecule has 2 aromatic carbocycles. The zero-order valence-electron chi connectivity index (χ0n) is 17.4. The Labute approximate surface area is 175 Å². The zero-order valence-corrected chi connectivity index (χ0v) is 18.2. The number of ether oxygens (including phenoxy) is 1. The van der Waals surface area contributed by atoms with Crippen molar-refractivity contribution >= 4 is 22.4 Å². The van der Waals surface area contributed by atoms with Crippen LogP contribution in [0.25, 0.3) is 0 Å². The fraction of sp³-hybridized carbons (Fsp3) is 0.478. The SMILES string of the molecule is CCCCc1cc(CCCC)c2c(c1)N(CCCO[SH](=O)=O)c1ccccc1O2. The van der Waals surface area contributed by atoms with Crippen LogP contribution in [0.4, 0.5) is 11.4 Å². The van der Waals surface area contributed by atoms with Gasteiger partial charge in [0.05, 0.1) is 18.0 Å². The molecule has 0 aliphatic carbocycles. The number of para-hydroxylation sites is 2. The highest BCUT2D eigenvalue weighted by Crippen LogP contribution is 2.49. The van der Waals surface area contributed by atoms with Crippen molar-refractivity contribution in [2.24, 2.45) is 0 Å². The molecule has 2 aromatic rings. The first-order valence-corrected chi connectivity index (χ1v) is 11.7. The van der Waals surface area contributed by atoms with Crippen LogP contribution in [0.2, 0.25) is 0 Å². The quantitative estimate of drug-likeness (QED) is 0.384. The maximum Gasteiger partial charge on any atom is 0.257 e. The molecule has 1 aliphatic rings. The summed E-state index contributed by atoms with van der Waals surface area (Å²) in [5.74, 6) is 1.78. The molecular formula is C23H31NO4S. The van der Waals surface area contributed by atoms with E-state index in [9.17, 15) is 8.42 Å². The fourth-order valence-corrected chi connectivity index (χ4v) is 4.02. The summed E-state index contributed by atoms with van der Waals surface area (Å²) in [5, 5.41) is 0. The summed E-state index contributed by atoms with van der Waals surface area (Å²) in [6.45, 7) is 5.27. The van der Waals surface area contributed by atoms with Gasteiger partial charge in [0.25, 0.3) is 11.0 Å². The van der Waals surface area contributed by atoms with E-state index in [0.717, 1.165) is 61.4 Å². The van der Waals surface area contributed by atoms with Gasteiger partial charge in [0.2, 0.25) is 0 Å². The van der Waals surface area contributed by atoms with E-state index in [1.54, 1.807) is 0 Å². The summed E-state index contributed by atoms with van der Waals surface area (Å²) in [7, 11) is -2.80. The fourth-order valence-electron chi connectivity index (χ4n) is 3.74. The second kappa shape index (κ2) is 10.6. The van der Waals surface area contributed by atoms with Gasteiger partial charge in [-0.2, -0.15) is 0 Å². The molecular weight excluding hydrogens is 386 g/mol. The molecule has 0 saturated carbocycles. The van der Waals surface area contributed by atoms with Gasteiger partial charge in [0, 0.05) is 6.54 Å². The molecule has 0 unspecified atom stereocenters. The Kier molecular flexibility index (Phi) is 7.95. The molecule has 0 radical (unpaired) electrons. The molecule has 1 aliphatic heterocycles. The van der Waals surface area contributed by atoms with Gasteiger partial charge < -0.3 is 9.64 Å². The maximum atomic E-state index is 10.7. The number of benzene rings is 2. The summed E-state index contributed by atoms with van der Waals surface area (Å²) in [4.78, 5) is 2.25. The molecule has 0 fully saturated rings. The lowest BCUT2D eigenvalue weighted by atomic mass is 9.98. The van der Waals surface area contributed by atoms with E-state index in [4.69, 9.17) is 8.92 Å². The molecule has 5 nitrogen and oxygen atoms in total. The van der Waals surface area contributed by atoms with Crippen molar-refractivity contribution in [3.05, 3.63) is 47.5 Å². The van der Waals surface area contributed by atoms with Crippen molar-refractivity contribution < 1.29 is 17.3 Å². The molecule has 0 aromatic heterocycles. The monoisotopic (exact) mass is 417 g/mol. The molecule has 6 heteroatoms. The third-order valence-electron chi connectivity index (χ3n) is 5.21. The van der Waals surface area contributed by atoms with Gasteiger partial charge in [-0.25, -0.2) is 8.42 Å². The number of aryl methyl sites for hydroxylation is 2. The van der Waals surface area contributed by atoms with E-state index >= 15 is 0 Å². The number of rotatable bonds is 11. The second-order valence-corrected chi connectivity index (χ2v) is 8.15. The first-order chi connectivity index (χ1) is 14.1. The highest BCUT2D eigenvalue weighted by Gasteiger charge is 2.26. The van der Waals surface area contributed by atoms with Crippen molar-refractivity contribution in [3.63, 3.8) is 0 Å². The number of hydrogen-bond acceptors (Lipinski definition) is 5. The largest absolute Gasteiger partial charge is 0.453 e. The minimum Gasteiger partial charge on any atom is -0.453 e. The van der Waals surface area contributed by atoms with Gasteiger partial charge in [0.15, 0.2) is 11.5 Å². The summed E-state index contributed by atoms with van der Waals surface area (Å²) in [5.41, 5.74) is 4.69. The number of thiol groups is 1. The van der Waals surface area contributed by atoms with Crippen LogP contribution < -0.4 is 9.64 Å². The average Bonchev–Trinajstić information content (AvgIpc) is 2.72. The molecule has 0 bridgehead atoms. The normalized spacial score (nSPS) is 12.6.